The van der Waals surface area contributed by atoms with E-state index >= 15 is 0 Å². The lowest BCUT2D eigenvalue weighted by Gasteiger charge is -2.31. The summed E-state index contributed by atoms with van der Waals surface area (Å²) in [4.78, 5) is 41.8. The number of rotatable bonds is 5. The van der Waals surface area contributed by atoms with Gasteiger partial charge < -0.3 is 5.11 Å². The molecule has 0 saturated carbocycles. The molecule has 2 aliphatic rings. The first-order valence-electron chi connectivity index (χ1n) is 11.4. The lowest BCUT2D eigenvalue weighted by molar-refractivity contribution is -0.148. The largest absolute Gasteiger partial charge is 0.480 e. The summed E-state index contributed by atoms with van der Waals surface area (Å²) in [6.45, 7) is 1.81. The van der Waals surface area contributed by atoms with Crippen LogP contribution in [0.15, 0.2) is 78.9 Å². The highest BCUT2D eigenvalue weighted by Crippen LogP contribution is 2.51. The SMILES string of the molecule is Cc1ccccc1N1C(=O)C2C(c3ccc(C#N)cc3)NC(Cc3ccccc3)(C(=O)O)C2C1=O. The van der Waals surface area contributed by atoms with Gasteiger partial charge in [-0.05, 0) is 41.8 Å². The smallest absolute Gasteiger partial charge is 0.325 e. The standard InChI is InChI=1S/C28H23N3O4/c1-17-7-5-6-10-21(17)31-25(32)22-23(26(31)33)28(27(34)35,15-18-8-3-2-4-9-18)30-24(22)20-13-11-19(16-29)12-14-20/h2-14,22-24,30H,15H2,1H3,(H,34,35). The Hall–Kier alpha value is -4.28. The number of fused-ring (bicyclic) bond motifs is 1. The van der Waals surface area contributed by atoms with Crippen molar-refractivity contribution in [2.75, 3.05) is 4.90 Å². The Morgan fingerprint density at radius 3 is 2.29 bits per heavy atom. The van der Waals surface area contributed by atoms with E-state index in [2.05, 4.69) is 11.4 Å². The van der Waals surface area contributed by atoms with Gasteiger partial charge in [0.15, 0.2) is 0 Å². The fourth-order valence-corrected chi connectivity index (χ4v) is 5.46. The van der Waals surface area contributed by atoms with Gasteiger partial charge in [0.25, 0.3) is 0 Å². The summed E-state index contributed by atoms with van der Waals surface area (Å²) in [5.74, 6) is -4.13. The molecule has 0 aliphatic carbocycles. The number of para-hydroxylation sites is 1. The zero-order valence-corrected chi connectivity index (χ0v) is 19.0. The second kappa shape index (κ2) is 8.49. The van der Waals surface area contributed by atoms with Crippen molar-refractivity contribution in [2.24, 2.45) is 11.8 Å². The predicted octanol–water partition coefficient (Wildman–Crippen LogP) is 3.38. The summed E-state index contributed by atoms with van der Waals surface area (Å²) in [6, 6.07) is 24.2. The molecular weight excluding hydrogens is 442 g/mol. The van der Waals surface area contributed by atoms with Crippen molar-refractivity contribution in [1.29, 1.82) is 5.26 Å². The number of aryl methyl sites for hydroxylation is 1. The summed E-state index contributed by atoms with van der Waals surface area (Å²) in [6.07, 6.45) is 0.0394. The van der Waals surface area contributed by atoms with Gasteiger partial charge in [-0.3, -0.25) is 19.7 Å². The van der Waals surface area contributed by atoms with E-state index in [4.69, 9.17) is 0 Å². The Labute approximate surface area is 202 Å². The third kappa shape index (κ3) is 3.50. The number of aliphatic carboxylic acids is 1. The second-order valence-electron chi connectivity index (χ2n) is 9.10. The first kappa shape index (κ1) is 22.5. The van der Waals surface area contributed by atoms with Gasteiger partial charge in [0.2, 0.25) is 11.8 Å². The molecule has 0 radical (unpaired) electrons. The van der Waals surface area contributed by atoms with Crippen LogP contribution in [0.25, 0.3) is 0 Å². The first-order chi connectivity index (χ1) is 16.9. The average molecular weight is 466 g/mol. The van der Waals surface area contributed by atoms with E-state index in [1.807, 2.05) is 49.4 Å². The highest BCUT2D eigenvalue weighted by molar-refractivity contribution is 6.24. The monoisotopic (exact) mass is 465 g/mol. The van der Waals surface area contributed by atoms with Crippen LogP contribution in [-0.4, -0.2) is 28.4 Å². The van der Waals surface area contributed by atoms with Crippen molar-refractivity contribution in [3.63, 3.8) is 0 Å². The fraction of sp³-hybridized carbons (Fsp3) is 0.214. The molecule has 2 fully saturated rings. The van der Waals surface area contributed by atoms with Crippen molar-refractivity contribution in [2.45, 2.75) is 24.9 Å². The molecule has 2 N–H and O–H groups in total. The summed E-state index contributed by atoms with van der Waals surface area (Å²) >= 11 is 0. The quantitative estimate of drug-likeness (QED) is 0.559. The number of hydrogen-bond donors (Lipinski definition) is 2. The molecule has 7 nitrogen and oxygen atoms in total. The van der Waals surface area contributed by atoms with E-state index in [1.165, 1.54) is 0 Å². The molecule has 2 aliphatic heterocycles. The number of nitriles is 1. The summed E-state index contributed by atoms with van der Waals surface area (Å²) in [5, 5.41) is 22.9. The van der Waals surface area contributed by atoms with E-state index in [1.54, 1.807) is 36.4 Å². The molecular formula is C28H23N3O4. The van der Waals surface area contributed by atoms with Gasteiger partial charge in [-0.1, -0.05) is 60.7 Å². The van der Waals surface area contributed by atoms with Crippen LogP contribution < -0.4 is 10.2 Å². The number of carbonyl (C=O) groups is 3. The van der Waals surface area contributed by atoms with Gasteiger partial charge in [0.05, 0.1) is 29.2 Å². The van der Waals surface area contributed by atoms with Gasteiger partial charge in [-0.15, -0.1) is 0 Å². The summed E-state index contributed by atoms with van der Waals surface area (Å²) < 4.78 is 0. The predicted molar refractivity (Wildman–Crippen MR) is 128 cm³/mol. The van der Waals surface area contributed by atoms with Crippen LogP contribution >= 0.6 is 0 Å². The maximum absolute atomic E-state index is 13.9. The third-order valence-corrected chi connectivity index (χ3v) is 7.12. The molecule has 7 heteroatoms. The lowest BCUT2D eigenvalue weighted by atomic mass is 9.76. The molecule has 174 valence electrons. The van der Waals surface area contributed by atoms with Gasteiger partial charge in [0, 0.05) is 12.5 Å². The molecule has 2 saturated heterocycles. The number of nitrogens with one attached hydrogen (secondary N) is 1. The van der Waals surface area contributed by atoms with Crippen molar-refractivity contribution in [1.82, 2.24) is 5.32 Å². The summed E-state index contributed by atoms with van der Waals surface area (Å²) in [5.41, 5.74) is 1.39. The van der Waals surface area contributed by atoms with Gasteiger partial charge in [-0.25, -0.2) is 4.90 Å². The van der Waals surface area contributed by atoms with Crippen molar-refractivity contribution >= 4 is 23.5 Å². The molecule has 2 heterocycles. The maximum Gasteiger partial charge on any atom is 0.325 e. The van der Waals surface area contributed by atoms with E-state index in [0.29, 0.717) is 16.8 Å². The topological polar surface area (TPSA) is 110 Å². The second-order valence-corrected chi connectivity index (χ2v) is 9.10. The van der Waals surface area contributed by atoms with Gasteiger partial charge in [0.1, 0.15) is 5.54 Å². The molecule has 4 unspecified atom stereocenters. The highest BCUT2D eigenvalue weighted by atomic mass is 16.4. The molecule has 4 atom stereocenters. The van der Waals surface area contributed by atoms with Crippen LogP contribution in [0.2, 0.25) is 0 Å². The van der Waals surface area contributed by atoms with Crippen LogP contribution in [0.4, 0.5) is 5.69 Å². The minimum Gasteiger partial charge on any atom is -0.480 e. The number of nitrogens with zero attached hydrogens (tertiary/aromatic N) is 2. The van der Waals surface area contributed by atoms with Crippen molar-refractivity contribution in [3.8, 4) is 6.07 Å². The number of carbonyl (C=O) groups excluding carboxylic acids is 2. The number of amides is 2. The molecule has 5 rings (SSSR count). The fourth-order valence-electron chi connectivity index (χ4n) is 5.46. The molecule has 0 aromatic heterocycles. The van der Waals surface area contributed by atoms with Crippen LogP contribution in [0, 0.1) is 30.1 Å². The number of imide groups is 1. The molecule has 3 aromatic rings. The molecule has 2 amide bonds. The zero-order valence-electron chi connectivity index (χ0n) is 19.0. The number of benzene rings is 3. The Bertz CT molecular complexity index is 1360. The lowest BCUT2D eigenvalue weighted by Crippen LogP contribution is -2.57. The number of carboxylic acid groups (broad SMARTS) is 1. The number of carboxylic acids is 1. The molecule has 0 bridgehead atoms. The third-order valence-electron chi connectivity index (χ3n) is 7.12. The molecule has 3 aromatic carbocycles. The van der Waals surface area contributed by atoms with E-state index in [-0.39, 0.29) is 6.42 Å². The maximum atomic E-state index is 13.9. The van der Waals surface area contributed by atoms with Crippen LogP contribution in [-0.2, 0) is 20.8 Å². The van der Waals surface area contributed by atoms with E-state index in [0.717, 1.165) is 16.0 Å². The highest BCUT2D eigenvalue weighted by Gasteiger charge is 2.68. The van der Waals surface area contributed by atoms with Gasteiger partial charge >= 0.3 is 5.97 Å². The molecule has 0 spiro atoms. The number of anilines is 1. The average Bonchev–Trinajstić information content (AvgIpc) is 3.34. The minimum absolute atomic E-state index is 0.0394. The van der Waals surface area contributed by atoms with Crippen LogP contribution in [0.1, 0.15) is 28.3 Å². The zero-order chi connectivity index (χ0) is 24.7. The number of hydrogen-bond acceptors (Lipinski definition) is 5. The molecule has 35 heavy (non-hydrogen) atoms. The summed E-state index contributed by atoms with van der Waals surface area (Å²) in [7, 11) is 0. The minimum atomic E-state index is -1.69. The van der Waals surface area contributed by atoms with Crippen molar-refractivity contribution in [3.05, 3.63) is 101 Å². The van der Waals surface area contributed by atoms with Crippen molar-refractivity contribution < 1.29 is 19.5 Å². The normalized spacial score (nSPS) is 25.4. The Morgan fingerprint density at radius 2 is 1.66 bits per heavy atom. The van der Waals surface area contributed by atoms with Crippen LogP contribution in [0.3, 0.4) is 0 Å². The van der Waals surface area contributed by atoms with E-state index < -0.39 is 41.2 Å². The van der Waals surface area contributed by atoms with Gasteiger partial charge in [-0.2, -0.15) is 5.26 Å². The Kier molecular flexibility index (Phi) is 5.46. The Balaban J connectivity index is 1.67. The van der Waals surface area contributed by atoms with Crippen LogP contribution in [0.5, 0.6) is 0 Å². The van der Waals surface area contributed by atoms with E-state index in [9.17, 15) is 24.8 Å². The Morgan fingerprint density at radius 1 is 1.00 bits per heavy atom. The first-order valence-corrected chi connectivity index (χ1v) is 11.4.